The fraction of sp³-hybridized carbons (Fsp3) is 0.263. The molecule has 0 saturated carbocycles. The van der Waals surface area contributed by atoms with E-state index in [4.69, 9.17) is 0 Å². The molecule has 0 atom stereocenters. The summed E-state index contributed by atoms with van der Waals surface area (Å²) in [6, 6.07) is 8.28. The molecule has 150 valence electrons. The maximum Gasteiger partial charge on any atom is 0.242 e. The summed E-state index contributed by atoms with van der Waals surface area (Å²) in [5, 5.41) is 2.26. The van der Waals surface area contributed by atoms with E-state index in [0.29, 0.717) is 5.56 Å². The zero-order valence-corrected chi connectivity index (χ0v) is 16.2. The molecule has 0 aliphatic carbocycles. The highest BCUT2D eigenvalue weighted by Gasteiger charge is 2.21. The first-order chi connectivity index (χ1) is 13.1. The lowest BCUT2D eigenvalue weighted by atomic mass is 10.2. The average molecular weight is 410 g/mol. The van der Waals surface area contributed by atoms with Gasteiger partial charge in [-0.05, 0) is 37.6 Å². The van der Waals surface area contributed by atoms with E-state index >= 15 is 0 Å². The fourth-order valence-electron chi connectivity index (χ4n) is 2.43. The van der Waals surface area contributed by atoms with Crippen LogP contribution in [-0.2, 0) is 14.8 Å². The number of carbonyl (C=O) groups is 2. The third kappa shape index (κ3) is 5.43. The van der Waals surface area contributed by atoms with E-state index in [9.17, 15) is 26.8 Å². The molecule has 0 fully saturated rings. The van der Waals surface area contributed by atoms with E-state index in [0.717, 1.165) is 22.5 Å². The summed E-state index contributed by atoms with van der Waals surface area (Å²) >= 11 is 0. The van der Waals surface area contributed by atoms with Gasteiger partial charge in [0.2, 0.25) is 15.9 Å². The Balaban J connectivity index is 1.91. The van der Waals surface area contributed by atoms with Crippen LogP contribution in [0.15, 0.2) is 47.4 Å². The number of ketones is 1. The number of hydrogen-bond donors (Lipinski definition) is 1. The normalized spacial score (nSPS) is 11.5. The van der Waals surface area contributed by atoms with Crippen molar-refractivity contribution in [3.63, 3.8) is 0 Å². The van der Waals surface area contributed by atoms with Crippen LogP contribution in [0.25, 0.3) is 0 Å². The number of rotatable bonds is 8. The summed E-state index contributed by atoms with van der Waals surface area (Å²) in [6.45, 7) is 1.44. The second-order valence-corrected chi connectivity index (χ2v) is 8.23. The Morgan fingerprint density at radius 1 is 1.07 bits per heavy atom. The molecule has 9 heteroatoms. The van der Waals surface area contributed by atoms with Crippen LogP contribution in [0, 0.1) is 11.6 Å². The largest absolute Gasteiger partial charge is 0.324 e. The third-order valence-corrected chi connectivity index (χ3v) is 5.92. The summed E-state index contributed by atoms with van der Waals surface area (Å²) in [6.07, 6.45) is 0.114. The molecular weight excluding hydrogens is 390 g/mol. The Bertz CT molecular complexity index is 976. The molecule has 0 aliphatic rings. The van der Waals surface area contributed by atoms with Crippen LogP contribution in [0.5, 0.6) is 0 Å². The van der Waals surface area contributed by atoms with Gasteiger partial charge in [-0.1, -0.05) is 12.1 Å². The zero-order valence-electron chi connectivity index (χ0n) is 15.4. The van der Waals surface area contributed by atoms with E-state index in [1.54, 1.807) is 0 Å². The lowest BCUT2D eigenvalue weighted by Crippen LogP contribution is -2.28. The minimum absolute atomic E-state index is 0.0336. The summed E-state index contributed by atoms with van der Waals surface area (Å²) in [5.74, 6) is -2.17. The van der Waals surface area contributed by atoms with Crippen molar-refractivity contribution in [2.24, 2.45) is 0 Å². The molecule has 0 unspecified atom stereocenters. The molecule has 28 heavy (non-hydrogen) atoms. The molecule has 2 rings (SSSR count). The maximum absolute atomic E-state index is 13.5. The van der Waals surface area contributed by atoms with Crippen LogP contribution in [0.1, 0.15) is 30.1 Å². The minimum Gasteiger partial charge on any atom is -0.324 e. The predicted molar refractivity (Wildman–Crippen MR) is 100 cm³/mol. The molecule has 0 spiro atoms. The van der Waals surface area contributed by atoms with Crippen molar-refractivity contribution < 1.29 is 26.8 Å². The third-order valence-electron chi connectivity index (χ3n) is 4.05. The molecule has 0 saturated heterocycles. The first-order valence-corrected chi connectivity index (χ1v) is 9.87. The zero-order chi connectivity index (χ0) is 20.9. The van der Waals surface area contributed by atoms with Gasteiger partial charge in [-0.3, -0.25) is 9.59 Å². The van der Waals surface area contributed by atoms with Crippen molar-refractivity contribution in [2.75, 3.05) is 18.9 Å². The van der Waals surface area contributed by atoms with Crippen molar-refractivity contribution in [3.8, 4) is 0 Å². The second-order valence-electron chi connectivity index (χ2n) is 6.18. The summed E-state index contributed by atoms with van der Waals surface area (Å²) in [4.78, 5) is 23.2. The van der Waals surface area contributed by atoms with Crippen molar-refractivity contribution >= 4 is 27.4 Å². The Hall–Kier alpha value is -2.65. The van der Waals surface area contributed by atoms with Crippen LogP contribution in [-0.4, -0.2) is 38.0 Å². The monoisotopic (exact) mass is 410 g/mol. The molecule has 1 amide bonds. The standard InChI is InChI=1S/C19H20F2N2O4S/c1-13(24)14-5-8-16(9-6-14)28(26,27)23(2)11-3-4-19(25)22-18-12-15(20)7-10-17(18)21/h5-10,12H,3-4,11H2,1-2H3,(H,22,25). The summed E-state index contributed by atoms with van der Waals surface area (Å²) < 4.78 is 52.7. The van der Waals surface area contributed by atoms with Crippen LogP contribution < -0.4 is 5.32 Å². The van der Waals surface area contributed by atoms with Crippen molar-refractivity contribution in [1.82, 2.24) is 4.31 Å². The molecule has 2 aromatic rings. The van der Waals surface area contributed by atoms with Gasteiger partial charge < -0.3 is 5.32 Å². The SMILES string of the molecule is CC(=O)c1ccc(S(=O)(=O)N(C)CCCC(=O)Nc2cc(F)ccc2F)cc1. The Kier molecular flexibility index (Phi) is 6.98. The van der Waals surface area contributed by atoms with E-state index in [1.165, 1.54) is 38.2 Å². The number of carbonyl (C=O) groups excluding carboxylic acids is 2. The summed E-state index contributed by atoms with van der Waals surface area (Å²) in [5.41, 5.74) is 0.138. The number of Topliss-reactive ketones (excluding diaryl/α,β-unsaturated/α-hetero) is 1. The minimum atomic E-state index is -3.77. The lowest BCUT2D eigenvalue weighted by Gasteiger charge is -2.17. The van der Waals surface area contributed by atoms with Crippen LogP contribution in [0.2, 0.25) is 0 Å². The fourth-order valence-corrected chi connectivity index (χ4v) is 3.64. The van der Waals surface area contributed by atoms with E-state index in [1.807, 2.05) is 0 Å². The Morgan fingerprint density at radius 3 is 2.32 bits per heavy atom. The van der Waals surface area contributed by atoms with Gasteiger partial charge in [0.15, 0.2) is 5.78 Å². The number of anilines is 1. The van der Waals surface area contributed by atoms with Crippen LogP contribution in [0.4, 0.5) is 14.5 Å². The molecule has 0 bridgehead atoms. The number of benzene rings is 2. The smallest absolute Gasteiger partial charge is 0.242 e. The van der Waals surface area contributed by atoms with E-state index in [2.05, 4.69) is 5.32 Å². The van der Waals surface area contributed by atoms with Gasteiger partial charge in [-0.2, -0.15) is 0 Å². The first kappa shape index (κ1) is 21.6. The first-order valence-electron chi connectivity index (χ1n) is 8.43. The number of nitrogens with one attached hydrogen (secondary N) is 1. The van der Waals surface area contributed by atoms with Gasteiger partial charge in [0.25, 0.3) is 0 Å². The molecular formula is C19H20F2N2O4S. The highest BCUT2D eigenvalue weighted by molar-refractivity contribution is 7.89. The molecule has 2 aromatic carbocycles. The van der Waals surface area contributed by atoms with Gasteiger partial charge in [0.05, 0.1) is 10.6 Å². The highest BCUT2D eigenvalue weighted by atomic mass is 32.2. The van der Waals surface area contributed by atoms with Crippen molar-refractivity contribution in [2.45, 2.75) is 24.7 Å². The molecule has 0 aliphatic heterocycles. The molecule has 1 N–H and O–H groups in total. The quantitative estimate of drug-likeness (QED) is 0.678. The van der Waals surface area contributed by atoms with E-state index < -0.39 is 27.6 Å². The van der Waals surface area contributed by atoms with Crippen molar-refractivity contribution in [3.05, 3.63) is 59.7 Å². The molecule has 0 radical (unpaired) electrons. The number of halogens is 2. The van der Waals surface area contributed by atoms with Crippen molar-refractivity contribution in [1.29, 1.82) is 0 Å². The lowest BCUT2D eigenvalue weighted by molar-refractivity contribution is -0.116. The van der Waals surface area contributed by atoms with Gasteiger partial charge in [0.1, 0.15) is 11.6 Å². The van der Waals surface area contributed by atoms with Gasteiger partial charge >= 0.3 is 0 Å². The second kappa shape index (κ2) is 9.03. The number of nitrogens with zero attached hydrogens (tertiary/aromatic N) is 1. The van der Waals surface area contributed by atoms with Crippen LogP contribution >= 0.6 is 0 Å². The Morgan fingerprint density at radius 2 is 1.71 bits per heavy atom. The van der Waals surface area contributed by atoms with Crippen LogP contribution in [0.3, 0.4) is 0 Å². The molecule has 0 aromatic heterocycles. The number of hydrogen-bond acceptors (Lipinski definition) is 4. The average Bonchev–Trinajstić information content (AvgIpc) is 2.64. The topological polar surface area (TPSA) is 83.6 Å². The number of amides is 1. The Labute approximate surface area is 162 Å². The van der Waals surface area contributed by atoms with Gasteiger partial charge in [-0.15, -0.1) is 0 Å². The van der Waals surface area contributed by atoms with Gasteiger partial charge in [0, 0.05) is 31.6 Å². The molecule has 6 nitrogen and oxygen atoms in total. The number of sulfonamides is 1. The van der Waals surface area contributed by atoms with Gasteiger partial charge in [-0.25, -0.2) is 21.5 Å². The van der Waals surface area contributed by atoms with E-state index in [-0.39, 0.29) is 35.8 Å². The highest BCUT2D eigenvalue weighted by Crippen LogP contribution is 2.17. The predicted octanol–water partition coefficient (Wildman–Crippen LogP) is 3.21. The molecule has 0 heterocycles. The summed E-state index contributed by atoms with van der Waals surface area (Å²) in [7, 11) is -2.40. The maximum atomic E-state index is 13.5.